The molecule has 0 saturated heterocycles. The van der Waals surface area contributed by atoms with Crippen molar-refractivity contribution in [2.24, 2.45) is 5.73 Å². The number of ether oxygens (including phenoxy) is 1. The molecular weight excluding hydrogens is 245 g/mol. The van der Waals surface area contributed by atoms with Gasteiger partial charge in [-0.2, -0.15) is 13.2 Å². The van der Waals surface area contributed by atoms with Crippen LogP contribution >= 0.6 is 0 Å². The highest BCUT2D eigenvalue weighted by molar-refractivity contribution is 5.36. The number of aromatic nitrogens is 1. The number of nitrogens with zero attached hydrogens (tertiary/aromatic N) is 1. The van der Waals surface area contributed by atoms with Crippen LogP contribution in [0, 0.1) is 0 Å². The van der Waals surface area contributed by atoms with Crippen LogP contribution in [0.1, 0.15) is 38.4 Å². The van der Waals surface area contributed by atoms with Crippen molar-refractivity contribution >= 4 is 0 Å². The fourth-order valence-electron chi connectivity index (χ4n) is 1.34. The average Bonchev–Trinajstić information content (AvgIpc) is 2.23. The zero-order valence-corrected chi connectivity index (χ0v) is 10.6. The first-order valence-corrected chi connectivity index (χ1v) is 5.65. The van der Waals surface area contributed by atoms with E-state index in [-0.39, 0.29) is 18.1 Å². The number of halogens is 3. The van der Waals surface area contributed by atoms with Crippen LogP contribution in [-0.2, 0) is 11.7 Å². The molecule has 0 aliphatic heterocycles. The fourth-order valence-corrected chi connectivity index (χ4v) is 1.34. The van der Waals surface area contributed by atoms with E-state index in [1.807, 2.05) is 6.92 Å². The highest BCUT2D eigenvalue weighted by atomic mass is 19.4. The molecule has 0 aliphatic carbocycles. The summed E-state index contributed by atoms with van der Waals surface area (Å²) >= 11 is 0. The standard InChI is InChI=1S/C12H17F3N2O/c1-4-5-18-9-7-17-10(11(2,3)16)6-8(9)12(13,14)15/h6-7H,4-5,16H2,1-3H3. The van der Waals surface area contributed by atoms with E-state index in [0.717, 1.165) is 12.3 Å². The molecule has 0 unspecified atom stereocenters. The zero-order chi connectivity index (χ0) is 14.0. The molecule has 6 heteroatoms. The molecule has 3 nitrogen and oxygen atoms in total. The topological polar surface area (TPSA) is 48.1 Å². The van der Waals surface area contributed by atoms with Crippen LogP contribution in [0.25, 0.3) is 0 Å². The van der Waals surface area contributed by atoms with Gasteiger partial charge in [0.2, 0.25) is 0 Å². The largest absolute Gasteiger partial charge is 0.491 e. The van der Waals surface area contributed by atoms with Gasteiger partial charge in [0.15, 0.2) is 0 Å². The van der Waals surface area contributed by atoms with Gasteiger partial charge in [-0.3, -0.25) is 4.98 Å². The SMILES string of the molecule is CCCOc1cnc(C(C)(C)N)cc1C(F)(F)F. The number of rotatable bonds is 4. The van der Waals surface area contributed by atoms with E-state index in [0.29, 0.717) is 6.42 Å². The summed E-state index contributed by atoms with van der Waals surface area (Å²) in [6.07, 6.45) is -2.77. The Bertz CT molecular complexity index is 411. The Morgan fingerprint density at radius 3 is 2.39 bits per heavy atom. The Labute approximate surface area is 104 Å². The first-order valence-electron chi connectivity index (χ1n) is 5.65. The number of nitrogens with two attached hydrogens (primary N) is 1. The van der Waals surface area contributed by atoms with Crippen molar-refractivity contribution in [1.29, 1.82) is 0 Å². The average molecular weight is 262 g/mol. The van der Waals surface area contributed by atoms with Gasteiger partial charge in [-0.05, 0) is 26.3 Å². The summed E-state index contributed by atoms with van der Waals surface area (Å²) in [5.41, 5.74) is 4.17. The van der Waals surface area contributed by atoms with Crippen molar-refractivity contribution < 1.29 is 17.9 Å². The van der Waals surface area contributed by atoms with E-state index in [1.165, 1.54) is 0 Å². The van der Waals surface area contributed by atoms with Crippen LogP contribution in [0.3, 0.4) is 0 Å². The second kappa shape index (κ2) is 5.14. The van der Waals surface area contributed by atoms with Gasteiger partial charge in [0.1, 0.15) is 11.3 Å². The maximum absolute atomic E-state index is 12.9. The predicted octanol–water partition coefficient (Wildman–Crippen LogP) is 3.08. The molecule has 1 aromatic rings. The Hall–Kier alpha value is -1.30. The lowest BCUT2D eigenvalue weighted by atomic mass is 9.99. The molecule has 0 aromatic carbocycles. The van der Waals surface area contributed by atoms with Gasteiger partial charge in [0, 0.05) is 0 Å². The van der Waals surface area contributed by atoms with Crippen LogP contribution in [0.5, 0.6) is 5.75 Å². The monoisotopic (exact) mass is 262 g/mol. The zero-order valence-electron chi connectivity index (χ0n) is 10.6. The van der Waals surface area contributed by atoms with E-state index in [4.69, 9.17) is 10.5 Å². The Morgan fingerprint density at radius 2 is 1.94 bits per heavy atom. The van der Waals surface area contributed by atoms with Crippen molar-refractivity contribution in [1.82, 2.24) is 4.98 Å². The highest BCUT2D eigenvalue weighted by Gasteiger charge is 2.36. The molecule has 0 aliphatic rings. The van der Waals surface area contributed by atoms with Crippen LogP contribution < -0.4 is 10.5 Å². The van der Waals surface area contributed by atoms with Crippen molar-refractivity contribution in [3.63, 3.8) is 0 Å². The molecule has 0 atom stereocenters. The van der Waals surface area contributed by atoms with E-state index in [9.17, 15) is 13.2 Å². The quantitative estimate of drug-likeness (QED) is 0.907. The molecule has 2 N–H and O–H groups in total. The molecule has 0 radical (unpaired) electrons. The molecule has 0 bridgehead atoms. The molecule has 1 heterocycles. The summed E-state index contributed by atoms with van der Waals surface area (Å²) in [7, 11) is 0. The Kier molecular flexibility index (Phi) is 4.21. The first-order chi connectivity index (χ1) is 8.16. The summed E-state index contributed by atoms with van der Waals surface area (Å²) in [4.78, 5) is 3.93. The number of pyridine rings is 1. The van der Waals surface area contributed by atoms with E-state index < -0.39 is 17.3 Å². The molecule has 0 amide bonds. The van der Waals surface area contributed by atoms with Gasteiger partial charge in [0.25, 0.3) is 0 Å². The van der Waals surface area contributed by atoms with Gasteiger partial charge >= 0.3 is 6.18 Å². The number of hydrogen-bond acceptors (Lipinski definition) is 3. The first kappa shape index (κ1) is 14.8. The normalized spacial score (nSPS) is 12.6. The summed E-state index contributed by atoms with van der Waals surface area (Å²) in [5, 5.41) is 0. The van der Waals surface area contributed by atoms with Crippen molar-refractivity contribution in [2.45, 2.75) is 38.9 Å². The van der Waals surface area contributed by atoms with Crippen molar-refractivity contribution in [3.05, 3.63) is 23.5 Å². The predicted molar refractivity (Wildman–Crippen MR) is 62.2 cm³/mol. The Balaban J connectivity index is 3.21. The fraction of sp³-hybridized carbons (Fsp3) is 0.583. The third-order valence-electron chi connectivity index (χ3n) is 2.29. The molecule has 0 saturated carbocycles. The molecule has 1 rings (SSSR count). The summed E-state index contributed by atoms with van der Waals surface area (Å²) in [6, 6.07) is 0.949. The number of alkyl halides is 3. The lowest BCUT2D eigenvalue weighted by Crippen LogP contribution is -2.30. The van der Waals surface area contributed by atoms with E-state index in [2.05, 4.69) is 4.98 Å². The summed E-state index contributed by atoms with van der Waals surface area (Å²) < 4.78 is 43.7. The van der Waals surface area contributed by atoms with E-state index in [1.54, 1.807) is 13.8 Å². The van der Waals surface area contributed by atoms with E-state index >= 15 is 0 Å². The van der Waals surface area contributed by atoms with Gasteiger partial charge < -0.3 is 10.5 Å². The van der Waals surface area contributed by atoms with Crippen LogP contribution in [-0.4, -0.2) is 11.6 Å². The minimum absolute atomic E-state index is 0.179. The summed E-state index contributed by atoms with van der Waals surface area (Å²) in [5.74, 6) is -0.252. The highest BCUT2D eigenvalue weighted by Crippen LogP contribution is 2.37. The molecule has 0 spiro atoms. The van der Waals surface area contributed by atoms with Gasteiger partial charge in [-0.1, -0.05) is 6.92 Å². The van der Waals surface area contributed by atoms with Gasteiger partial charge in [-0.25, -0.2) is 0 Å². The maximum atomic E-state index is 12.9. The molecular formula is C12H17F3N2O. The molecule has 0 fully saturated rings. The van der Waals surface area contributed by atoms with Crippen LogP contribution in [0.4, 0.5) is 13.2 Å². The third kappa shape index (κ3) is 3.60. The van der Waals surface area contributed by atoms with Crippen molar-refractivity contribution in [3.8, 4) is 5.75 Å². The molecule has 102 valence electrons. The van der Waals surface area contributed by atoms with Crippen LogP contribution in [0.15, 0.2) is 12.3 Å². The Morgan fingerprint density at radius 1 is 1.33 bits per heavy atom. The van der Waals surface area contributed by atoms with Gasteiger partial charge in [0.05, 0.1) is 24.0 Å². The summed E-state index contributed by atoms with van der Waals surface area (Å²) in [6.45, 7) is 5.23. The molecule has 1 aromatic heterocycles. The van der Waals surface area contributed by atoms with Gasteiger partial charge in [-0.15, -0.1) is 0 Å². The molecule has 18 heavy (non-hydrogen) atoms. The second-order valence-corrected chi connectivity index (χ2v) is 4.63. The lowest BCUT2D eigenvalue weighted by molar-refractivity contribution is -0.139. The second-order valence-electron chi connectivity index (χ2n) is 4.63. The van der Waals surface area contributed by atoms with Crippen molar-refractivity contribution in [2.75, 3.05) is 6.61 Å². The smallest absolute Gasteiger partial charge is 0.420 e. The van der Waals surface area contributed by atoms with Crippen LogP contribution in [0.2, 0.25) is 0 Å². The minimum atomic E-state index is -4.48. The third-order valence-corrected chi connectivity index (χ3v) is 2.29. The lowest BCUT2D eigenvalue weighted by Gasteiger charge is -2.21. The minimum Gasteiger partial charge on any atom is -0.491 e. The maximum Gasteiger partial charge on any atom is 0.420 e. The number of hydrogen-bond donors (Lipinski definition) is 1.